The number of ether oxygens (including phenoxy) is 1. The van der Waals surface area contributed by atoms with Crippen LogP contribution in [0.5, 0.6) is 0 Å². The average molecular weight is 317 g/mol. The number of benzene rings is 1. The van der Waals surface area contributed by atoms with E-state index in [1.165, 1.54) is 37.7 Å². The molecule has 0 heterocycles. The zero-order valence-corrected chi connectivity index (χ0v) is 14.4. The fourth-order valence-corrected chi connectivity index (χ4v) is 2.90. The van der Waals surface area contributed by atoms with E-state index in [1.807, 2.05) is 12.1 Å². The van der Waals surface area contributed by atoms with E-state index in [4.69, 9.17) is 10.5 Å². The minimum absolute atomic E-state index is 0.493. The van der Waals surface area contributed by atoms with Crippen LogP contribution in [0.3, 0.4) is 0 Å². The number of guanidine groups is 1. The van der Waals surface area contributed by atoms with Crippen LogP contribution in [0.2, 0.25) is 0 Å². The first-order chi connectivity index (χ1) is 11.2. The zero-order chi connectivity index (χ0) is 16.3. The fraction of sp³-hybridized carbons (Fsp3) is 0.632. The Morgan fingerprint density at radius 3 is 2.61 bits per heavy atom. The number of anilines is 1. The first kappa shape index (κ1) is 17.8. The molecule has 1 aliphatic carbocycles. The van der Waals surface area contributed by atoms with Gasteiger partial charge in [-0.25, -0.2) is 0 Å². The number of hydrogen-bond acceptors (Lipinski definition) is 2. The van der Waals surface area contributed by atoms with Crippen molar-refractivity contribution in [1.29, 1.82) is 0 Å². The number of aliphatic imine (C=N–C) groups is 1. The molecule has 4 nitrogen and oxygen atoms in total. The van der Waals surface area contributed by atoms with Crippen LogP contribution in [-0.4, -0.2) is 25.2 Å². The highest BCUT2D eigenvalue weighted by atomic mass is 16.5. The van der Waals surface area contributed by atoms with Gasteiger partial charge in [-0.2, -0.15) is 0 Å². The van der Waals surface area contributed by atoms with Gasteiger partial charge in [0.15, 0.2) is 5.96 Å². The molecule has 2 rings (SSSR count). The third kappa shape index (κ3) is 7.51. The highest BCUT2D eigenvalue weighted by Crippen LogP contribution is 2.20. The Morgan fingerprint density at radius 2 is 1.87 bits per heavy atom. The second kappa shape index (κ2) is 10.3. The van der Waals surface area contributed by atoms with Crippen molar-refractivity contribution in [3.05, 3.63) is 29.8 Å². The number of unbranched alkanes of at least 4 members (excludes halogenated alkanes) is 2. The molecule has 0 amide bonds. The van der Waals surface area contributed by atoms with E-state index in [0.717, 1.165) is 38.1 Å². The Morgan fingerprint density at radius 1 is 1.13 bits per heavy atom. The van der Waals surface area contributed by atoms with E-state index >= 15 is 0 Å². The Labute approximate surface area is 140 Å². The van der Waals surface area contributed by atoms with Crippen LogP contribution in [0.15, 0.2) is 29.3 Å². The third-order valence-corrected chi connectivity index (χ3v) is 4.31. The molecule has 1 aromatic rings. The Hall–Kier alpha value is -1.55. The van der Waals surface area contributed by atoms with Gasteiger partial charge < -0.3 is 15.8 Å². The summed E-state index contributed by atoms with van der Waals surface area (Å²) in [6.07, 6.45) is 10.4. The lowest BCUT2D eigenvalue weighted by molar-refractivity contribution is 0.0264. The summed E-state index contributed by atoms with van der Waals surface area (Å²) in [5.41, 5.74) is 8.12. The summed E-state index contributed by atoms with van der Waals surface area (Å²) in [6.45, 7) is 3.73. The van der Waals surface area contributed by atoms with Crippen molar-refractivity contribution in [2.24, 2.45) is 10.7 Å². The van der Waals surface area contributed by atoms with Gasteiger partial charge in [-0.15, -0.1) is 0 Å². The SMILES string of the molecule is Cc1ccc(NC(N)=NCCCCCOC2CCCCC2)cc1. The molecule has 1 saturated carbocycles. The summed E-state index contributed by atoms with van der Waals surface area (Å²) in [7, 11) is 0. The van der Waals surface area contributed by atoms with Crippen molar-refractivity contribution in [3.63, 3.8) is 0 Å². The van der Waals surface area contributed by atoms with Gasteiger partial charge in [-0.3, -0.25) is 4.99 Å². The molecule has 0 bridgehead atoms. The Balaban J connectivity index is 1.51. The Bertz CT molecular complexity index is 464. The van der Waals surface area contributed by atoms with Crippen molar-refractivity contribution in [1.82, 2.24) is 0 Å². The van der Waals surface area contributed by atoms with Crippen LogP contribution < -0.4 is 11.1 Å². The first-order valence-electron chi connectivity index (χ1n) is 8.99. The van der Waals surface area contributed by atoms with E-state index in [2.05, 4.69) is 29.4 Å². The van der Waals surface area contributed by atoms with Crippen LogP contribution >= 0.6 is 0 Å². The molecule has 0 unspecified atom stereocenters. The minimum atomic E-state index is 0.493. The van der Waals surface area contributed by atoms with Gasteiger partial charge in [-0.1, -0.05) is 37.0 Å². The molecule has 3 N–H and O–H groups in total. The number of nitrogens with one attached hydrogen (secondary N) is 1. The zero-order valence-electron chi connectivity index (χ0n) is 14.4. The predicted molar refractivity (Wildman–Crippen MR) is 98.0 cm³/mol. The van der Waals surface area contributed by atoms with E-state index in [-0.39, 0.29) is 0 Å². The lowest BCUT2D eigenvalue weighted by atomic mass is 9.98. The van der Waals surface area contributed by atoms with Gasteiger partial charge in [0.1, 0.15) is 0 Å². The van der Waals surface area contributed by atoms with Crippen LogP contribution in [-0.2, 0) is 4.74 Å². The van der Waals surface area contributed by atoms with Crippen LogP contribution in [0.25, 0.3) is 0 Å². The number of aryl methyl sites for hydroxylation is 1. The van der Waals surface area contributed by atoms with E-state index in [9.17, 15) is 0 Å². The van der Waals surface area contributed by atoms with E-state index < -0.39 is 0 Å². The van der Waals surface area contributed by atoms with Gasteiger partial charge in [0.05, 0.1) is 6.10 Å². The number of nitrogens with two attached hydrogens (primary N) is 1. The molecule has 1 aromatic carbocycles. The maximum absolute atomic E-state index is 5.93. The standard InChI is InChI=1S/C19H31N3O/c1-16-10-12-17(13-11-16)22-19(20)21-14-6-3-7-15-23-18-8-4-2-5-9-18/h10-13,18H,2-9,14-15H2,1H3,(H3,20,21,22). The van der Waals surface area contributed by atoms with Crippen molar-refractivity contribution < 1.29 is 4.74 Å². The third-order valence-electron chi connectivity index (χ3n) is 4.31. The second-order valence-corrected chi connectivity index (χ2v) is 6.45. The lowest BCUT2D eigenvalue weighted by Gasteiger charge is -2.21. The molecule has 1 aliphatic rings. The summed E-state index contributed by atoms with van der Waals surface area (Å²) in [4.78, 5) is 4.37. The van der Waals surface area contributed by atoms with Crippen LogP contribution in [0.1, 0.15) is 56.9 Å². The number of hydrogen-bond donors (Lipinski definition) is 2. The molecule has 1 fully saturated rings. The smallest absolute Gasteiger partial charge is 0.193 e. The summed E-state index contributed by atoms with van der Waals surface area (Å²) < 4.78 is 5.93. The van der Waals surface area contributed by atoms with Crippen molar-refractivity contribution in [3.8, 4) is 0 Å². The molecule has 0 atom stereocenters. The second-order valence-electron chi connectivity index (χ2n) is 6.45. The van der Waals surface area contributed by atoms with Gasteiger partial charge >= 0.3 is 0 Å². The largest absolute Gasteiger partial charge is 0.378 e. The highest BCUT2D eigenvalue weighted by Gasteiger charge is 2.12. The normalized spacial score (nSPS) is 16.5. The monoisotopic (exact) mass is 317 g/mol. The summed E-state index contributed by atoms with van der Waals surface area (Å²) in [6, 6.07) is 8.14. The van der Waals surface area contributed by atoms with Crippen molar-refractivity contribution in [2.75, 3.05) is 18.5 Å². The van der Waals surface area contributed by atoms with Gasteiger partial charge in [-0.05, 0) is 51.2 Å². The molecule has 0 aromatic heterocycles. The molecule has 23 heavy (non-hydrogen) atoms. The van der Waals surface area contributed by atoms with Gasteiger partial charge in [0, 0.05) is 18.8 Å². The number of nitrogens with zero attached hydrogens (tertiary/aromatic N) is 1. The van der Waals surface area contributed by atoms with Gasteiger partial charge in [0.25, 0.3) is 0 Å². The quantitative estimate of drug-likeness (QED) is 0.428. The molecule has 0 aliphatic heterocycles. The van der Waals surface area contributed by atoms with Crippen molar-refractivity contribution in [2.45, 2.75) is 64.4 Å². The Kier molecular flexibility index (Phi) is 7.95. The molecule has 4 heteroatoms. The van der Waals surface area contributed by atoms with E-state index in [1.54, 1.807) is 0 Å². The summed E-state index contributed by atoms with van der Waals surface area (Å²) >= 11 is 0. The molecular weight excluding hydrogens is 286 g/mol. The highest BCUT2D eigenvalue weighted by molar-refractivity contribution is 5.92. The minimum Gasteiger partial charge on any atom is -0.378 e. The summed E-state index contributed by atoms with van der Waals surface area (Å²) in [5, 5.41) is 3.12. The molecular formula is C19H31N3O. The van der Waals surface area contributed by atoms with E-state index in [0.29, 0.717) is 12.1 Å². The average Bonchev–Trinajstić information content (AvgIpc) is 2.57. The molecule has 0 spiro atoms. The maximum atomic E-state index is 5.93. The molecule has 128 valence electrons. The maximum Gasteiger partial charge on any atom is 0.193 e. The summed E-state index contributed by atoms with van der Waals surface area (Å²) in [5.74, 6) is 0.493. The van der Waals surface area contributed by atoms with Crippen LogP contribution in [0.4, 0.5) is 5.69 Å². The lowest BCUT2D eigenvalue weighted by Crippen LogP contribution is -2.22. The molecule has 0 radical (unpaired) electrons. The van der Waals surface area contributed by atoms with Gasteiger partial charge in [0.2, 0.25) is 0 Å². The van der Waals surface area contributed by atoms with Crippen molar-refractivity contribution >= 4 is 11.6 Å². The predicted octanol–water partition coefficient (Wildman–Crippen LogP) is 4.24. The fourth-order valence-electron chi connectivity index (χ4n) is 2.90. The number of rotatable bonds is 8. The molecule has 0 saturated heterocycles. The van der Waals surface area contributed by atoms with Crippen LogP contribution in [0, 0.1) is 6.92 Å². The topological polar surface area (TPSA) is 59.6 Å². The first-order valence-corrected chi connectivity index (χ1v) is 8.99.